The topological polar surface area (TPSA) is 157 Å². The predicted molar refractivity (Wildman–Crippen MR) is 110 cm³/mol. The Kier molecular flexibility index (Phi) is 8.14. The first-order valence-electron chi connectivity index (χ1n) is 9.78. The number of carbonyl (C=O) groups is 3. The molecule has 1 unspecified atom stereocenters. The molecule has 29 heavy (non-hydrogen) atoms. The minimum Gasteiger partial charge on any atom is -0.481 e. The van der Waals surface area contributed by atoms with Crippen LogP contribution in [0.4, 0.5) is 5.69 Å². The van der Waals surface area contributed by atoms with Crippen molar-refractivity contribution in [2.45, 2.75) is 44.2 Å². The SMILES string of the molecule is CNc1ccccc1C(=N)C(=O)N[C@@H](CCCN)C(=O)NC1CCC[C@H]1C(=O)O. The number of para-hydroxylation sites is 1. The largest absolute Gasteiger partial charge is 0.481 e. The maximum absolute atomic E-state index is 12.7. The summed E-state index contributed by atoms with van der Waals surface area (Å²) in [5.74, 6) is -2.67. The highest BCUT2D eigenvalue weighted by atomic mass is 16.4. The van der Waals surface area contributed by atoms with E-state index >= 15 is 0 Å². The molecule has 2 rings (SSSR count). The van der Waals surface area contributed by atoms with E-state index in [9.17, 15) is 19.5 Å². The summed E-state index contributed by atoms with van der Waals surface area (Å²) in [6.45, 7) is 0.348. The number of amides is 2. The summed E-state index contributed by atoms with van der Waals surface area (Å²) in [6, 6.07) is 5.58. The number of carboxylic acids is 1. The number of hydrogen-bond donors (Lipinski definition) is 6. The number of rotatable bonds is 10. The van der Waals surface area contributed by atoms with E-state index in [2.05, 4.69) is 16.0 Å². The highest BCUT2D eigenvalue weighted by Crippen LogP contribution is 2.26. The molecular formula is C20H29N5O4. The maximum atomic E-state index is 12.7. The molecule has 1 aromatic rings. The van der Waals surface area contributed by atoms with Crippen molar-refractivity contribution in [1.82, 2.24) is 10.6 Å². The fraction of sp³-hybridized carbons (Fsp3) is 0.500. The lowest BCUT2D eigenvalue weighted by atomic mass is 10.0. The van der Waals surface area contributed by atoms with E-state index in [0.717, 1.165) is 6.42 Å². The van der Waals surface area contributed by atoms with Gasteiger partial charge < -0.3 is 26.8 Å². The van der Waals surface area contributed by atoms with Crippen LogP contribution >= 0.6 is 0 Å². The molecule has 158 valence electrons. The summed E-state index contributed by atoms with van der Waals surface area (Å²) >= 11 is 0. The van der Waals surface area contributed by atoms with Gasteiger partial charge in [0.15, 0.2) is 0 Å². The monoisotopic (exact) mass is 403 g/mol. The third-order valence-corrected chi connectivity index (χ3v) is 5.17. The first-order chi connectivity index (χ1) is 13.9. The summed E-state index contributed by atoms with van der Waals surface area (Å²) in [7, 11) is 1.70. The first kappa shape index (κ1) is 22.4. The Morgan fingerprint density at radius 1 is 1.28 bits per heavy atom. The van der Waals surface area contributed by atoms with Crippen molar-refractivity contribution >= 4 is 29.2 Å². The van der Waals surface area contributed by atoms with Crippen molar-refractivity contribution in [1.29, 1.82) is 5.41 Å². The Morgan fingerprint density at radius 3 is 2.66 bits per heavy atom. The van der Waals surface area contributed by atoms with Crippen LogP contribution in [0.2, 0.25) is 0 Å². The van der Waals surface area contributed by atoms with Crippen LogP contribution in [0.25, 0.3) is 0 Å². The summed E-state index contributed by atoms with van der Waals surface area (Å²) < 4.78 is 0. The van der Waals surface area contributed by atoms with Crippen LogP contribution in [0, 0.1) is 11.3 Å². The normalized spacial score (nSPS) is 19.2. The van der Waals surface area contributed by atoms with E-state index in [0.29, 0.717) is 43.5 Å². The van der Waals surface area contributed by atoms with Crippen molar-refractivity contribution in [2.75, 3.05) is 18.9 Å². The van der Waals surface area contributed by atoms with Gasteiger partial charge >= 0.3 is 5.97 Å². The first-order valence-corrected chi connectivity index (χ1v) is 9.78. The van der Waals surface area contributed by atoms with E-state index in [-0.39, 0.29) is 5.71 Å². The van der Waals surface area contributed by atoms with Gasteiger partial charge in [0.25, 0.3) is 5.91 Å². The van der Waals surface area contributed by atoms with E-state index in [4.69, 9.17) is 11.1 Å². The average molecular weight is 403 g/mol. The Morgan fingerprint density at radius 2 is 2.00 bits per heavy atom. The number of hydrogen-bond acceptors (Lipinski definition) is 6. The van der Waals surface area contributed by atoms with Crippen molar-refractivity contribution < 1.29 is 19.5 Å². The minimum absolute atomic E-state index is 0.259. The summed E-state index contributed by atoms with van der Waals surface area (Å²) in [5, 5.41) is 25.8. The second-order valence-electron chi connectivity index (χ2n) is 7.12. The Hall–Kier alpha value is -2.94. The van der Waals surface area contributed by atoms with Gasteiger partial charge in [-0.15, -0.1) is 0 Å². The number of nitrogens with two attached hydrogens (primary N) is 1. The van der Waals surface area contributed by atoms with Gasteiger partial charge in [-0.3, -0.25) is 19.8 Å². The second kappa shape index (κ2) is 10.6. The molecule has 9 nitrogen and oxygen atoms in total. The lowest BCUT2D eigenvalue weighted by Gasteiger charge is -2.23. The molecule has 3 atom stereocenters. The highest BCUT2D eigenvalue weighted by Gasteiger charge is 2.35. The zero-order chi connectivity index (χ0) is 21.4. The molecule has 1 aromatic carbocycles. The average Bonchev–Trinajstić information content (AvgIpc) is 3.18. The molecule has 1 saturated carbocycles. The molecule has 0 bridgehead atoms. The molecule has 1 aliphatic carbocycles. The van der Waals surface area contributed by atoms with Gasteiger partial charge in [0, 0.05) is 24.3 Å². The van der Waals surface area contributed by atoms with Gasteiger partial charge in [-0.05, 0) is 38.3 Å². The second-order valence-corrected chi connectivity index (χ2v) is 7.12. The quantitative estimate of drug-likeness (QED) is 0.316. The van der Waals surface area contributed by atoms with Crippen molar-refractivity contribution in [3.05, 3.63) is 29.8 Å². The van der Waals surface area contributed by atoms with Crippen LogP contribution in [0.15, 0.2) is 24.3 Å². The molecule has 0 spiro atoms. The van der Waals surface area contributed by atoms with Gasteiger partial charge in [-0.25, -0.2) is 0 Å². The number of benzene rings is 1. The van der Waals surface area contributed by atoms with Crippen molar-refractivity contribution in [3.8, 4) is 0 Å². The molecule has 2 amide bonds. The third-order valence-electron chi connectivity index (χ3n) is 5.17. The van der Waals surface area contributed by atoms with Gasteiger partial charge in [0.1, 0.15) is 11.8 Å². The van der Waals surface area contributed by atoms with Crippen LogP contribution in [0.3, 0.4) is 0 Å². The highest BCUT2D eigenvalue weighted by molar-refractivity contribution is 6.45. The fourth-order valence-corrected chi connectivity index (χ4v) is 3.57. The summed E-state index contributed by atoms with van der Waals surface area (Å²) in [5.41, 5.74) is 6.34. The smallest absolute Gasteiger partial charge is 0.308 e. The Balaban J connectivity index is 2.08. The Labute approximate surface area is 169 Å². The fourth-order valence-electron chi connectivity index (χ4n) is 3.57. The minimum atomic E-state index is -0.930. The summed E-state index contributed by atoms with van der Waals surface area (Å²) in [6.07, 6.45) is 2.65. The number of carboxylic acid groups (broad SMARTS) is 1. The Bertz CT molecular complexity index is 767. The molecule has 7 N–H and O–H groups in total. The zero-order valence-electron chi connectivity index (χ0n) is 16.5. The number of aliphatic carboxylic acids is 1. The van der Waals surface area contributed by atoms with E-state index in [1.165, 1.54) is 0 Å². The van der Waals surface area contributed by atoms with Crippen LogP contribution < -0.4 is 21.7 Å². The van der Waals surface area contributed by atoms with Crippen LogP contribution in [0.1, 0.15) is 37.7 Å². The van der Waals surface area contributed by atoms with Gasteiger partial charge in [-0.1, -0.05) is 24.6 Å². The van der Waals surface area contributed by atoms with Crippen molar-refractivity contribution in [2.24, 2.45) is 11.7 Å². The van der Waals surface area contributed by atoms with Crippen LogP contribution in [-0.2, 0) is 14.4 Å². The predicted octanol–water partition coefficient (Wildman–Crippen LogP) is 0.689. The van der Waals surface area contributed by atoms with Crippen LogP contribution in [0.5, 0.6) is 0 Å². The molecule has 0 heterocycles. The standard InChI is InChI=1S/C20H29N5O4/c1-23-14-8-3-2-6-12(14)17(22)19(27)25-16(10-5-11-21)18(26)24-15-9-4-7-13(15)20(28)29/h2-3,6,8,13,15-16,22-23H,4-5,7,9-11,21H2,1H3,(H,24,26)(H,25,27)(H,28,29)/t13-,15?,16+/m1/s1. The molecule has 1 aliphatic rings. The lowest BCUT2D eigenvalue weighted by Crippen LogP contribution is -2.52. The van der Waals surface area contributed by atoms with Gasteiger partial charge in [0.05, 0.1) is 5.92 Å². The molecule has 9 heteroatoms. The van der Waals surface area contributed by atoms with Gasteiger partial charge in [0.2, 0.25) is 5.91 Å². The van der Waals surface area contributed by atoms with E-state index < -0.39 is 35.8 Å². The molecule has 0 saturated heterocycles. The van der Waals surface area contributed by atoms with Gasteiger partial charge in [-0.2, -0.15) is 0 Å². The summed E-state index contributed by atoms with van der Waals surface area (Å²) in [4.78, 5) is 36.7. The number of anilines is 1. The number of nitrogens with one attached hydrogen (secondary N) is 4. The van der Waals surface area contributed by atoms with Crippen LogP contribution in [-0.4, -0.2) is 54.3 Å². The molecule has 1 fully saturated rings. The lowest BCUT2D eigenvalue weighted by molar-refractivity contribution is -0.142. The zero-order valence-corrected chi connectivity index (χ0v) is 16.5. The molecule has 0 aliphatic heterocycles. The van der Waals surface area contributed by atoms with E-state index in [1.807, 2.05) is 0 Å². The van der Waals surface area contributed by atoms with E-state index in [1.54, 1.807) is 31.3 Å². The molecule has 0 radical (unpaired) electrons. The molecule has 0 aromatic heterocycles. The van der Waals surface area contributed by atoms with Crippen molar-refractivity contribution in [3.63, 3.8) is 0 Å². The number of carbonyl (C=O) groups excluding carboxylic acids is 2. The molecular weight excluding hydrogens is 374 g/mol. The third kappa shape index (κ3) is 5.77. The maximum Gasteiger partial charge on any atom is 0.308 e.